The second-order valence-corrected chi connectivity index (χ2v) is 7.25. The molecule has 0 radical (unpaired) electrons. The van der Waals surface area contributed by atoms with Crippen LogP contribution in [0.2, 0.25) is 5.02 Å². The van der Waals surface area contributed by atoms with Gasteiger partial charge in [0.15, 0.2) is 11.7 Å². The minimum absolute atomic E-state index is 0.0736. The third kappa shape index (κ3) is 3.56. The van der Waals surface area contributed by atoms with Gasteiger partial charge < -0.3 is 9.64 Å². The van der Waals surface area contributed by atoms with Crippen LogP contribution in [0.25, 0.3) is 0 Å². The number of carbonyl (C=O) groups excluding carboxylic acids is 1. The van der Waals surface area contributed by atoms with Crippen molar-refractivity contribution < 1.29 is 22.7 Å². The topological polar surface area (TPSA) is 54.8 Å². The lowest BCUT2D eigenvalue weighted by Gasteiger charge is -2.32. The van der Waals surface area contributed by atoms with Crippen LogP contribution in [0.15, 0.2) is 46.7 Å². The highest BCUT2D eigenvalue weighted by Crippen LogP contribution is 2.42. The average Bonchev–Trinajstić information content (AvgIpc) is 3.17. The minimum atomic E-state index is -0.942. The van der Waals surface area contributed by atoms with E-state index in [1.54, 1.807) is 11.8 Å². The highest BCUT2D eigenvalue weighted by molar-refractivity contribution is 6.31. The van der Waals surface area contributed by atoms with Crippen LogP contribution in [0.4, 0.5) is 13.2 Å². The van der Waals surface area contributed by atoms with E-state index in [4.69, 9.17) is 16.3 Å². The summed E-state index contributed by atoms with van der Waals surface area (Å²) in [6.07, 6.45) is 2.14. The minimum Gasteiger partial charge on any atom is -0.463 e. The second-order valence-electron chi connectivity index (χ2n) is 6.84. The molecular formula is C21H17ClF3N3O2. The van der Waals surface area contributed by atoms with E-state index in [-0.39, 0.29) is 28.7 Å². The number of ether oxygens (including phenoxy) is 1. The van der Waals surface area contributed by atoms with E-state index in [2.05, 4.69) is 9.98 Å². The number of pyridine rings is 1. The molecule has 0 N–H and O–H groups in total. The lowest BCUT2D eigenvalue weighted by molar-refractivity contribution is -0.139. The molecular weight excluding hydrogens is 419 g/mol. The van der Waals surface area contributed by atoms with Gasteiger partial charge in [-0.3, -0.25) is 4.99 Å². The molecule has 0 amide bonds. The molecule has 9 heteroatoms. The predicted molar refractivity (Wildman–Crippen MR) is 104 cm³/mol. The number of hydrogen-bond acceptors (Lipinski definition) is 5. The Bertz CT molecular complexity index is 1090. The molecule has 156 valence electrons. The zero-order valence-corrected chi connectivity index (χ0v) is 16.7. The molecule has 2 aliphatic rings. The molecule has 0 bridgehead atoms. The third-order valence-corrected chi connectivity index (χ3v) is 5.31. The average molecular weight is 436 g/mol. The highest BCUT2D eigenvalue weighted by atomic mass is 35.5. The Morgan fingerprint density at radius 1 is 1.27 bits per heavy atom. The van der Waals surface area contributed by atoms with Gasteiger partial charge in [-0.1, -0.05) is 17.7 Å². The molecule has 30 heavy (non-hydrogen) atoms. The van der Waals surface area contributed by atoms with E-state index < -0.39 is 29.5 Å². The van der Waals surface area contributed by atoms with Crippen molar-refractivity contribution in [2.24, 2.45) is 4.99 Å². The van der Waals surface area contributed by atoms with Crippen LogP contribution in [0.1, 0.15) is 37.1 Å². The molecule has 1 aromatic heterocycles. The first-order valence-corrected chi connectivity index (χ1v) is 9.80. The first-order chi connectivity index (χ1) is 14.4. The van der Waals surface area contributed by atoms with Crippen LogP contribution >= 0.6 is 11.6 Å². The standard InChI is InChI=1S/C21H17ClF3N3O2/c1-2-30-21(29)17-16-4-3-7-28(16)20(19-15(25)9-12(24)10-26-19)27-18(17)13-6-5-11(23)8-14(13)22/h5-6,8-10,18H,2-4,7H2,1H3. The number of amidine groups is 1. The maximum absolute atomic E-state index is 14.5. The fourth-order valence-electron chi connectivity index (χ4n) is 3.76. The molecule has 1 fully saturated rings. The third-order valence-electron chi connectivity index (χ3n) is 4.98. The lowest BCUT2D eigenvalue weighted by Crippen LogP contribution is -2.36. The number of nitrogens with zero attached hydrogens (tertiary/aromatic N) is 3. The zero-order valence-electron chi connectivity index (χ0n) is 16.0. The Labute approximate surface area is 175 Å². The van der Waals surface area contributed by atoms with Crippen molar-refractivity contribution in [3.05, 3.63) is 75.5 Å². The summed E-state index contributed by atoms with van der Waals surface area (Å²) < 4.78 is 46.8. The Balaban J connectivity index is 1.92. The maximum Gasteiger partial charge on any atom is 0.338 e. The summed E-state index contributed by atoms with van der Waals surface area (Å²) in [5.41, 5.74) is 1.13. The molecule has 5 nitrogen and oxygen atoms in total. The molecule has 0 aliphatic carbocycles. The zero-order chi connectivity index (χ0) is 21.4. The van der Waals surface area contributed by atoms with E-state index in [1.807, 2.05) is 0 Å². The van der Waals surface area contributed by atoms with Gasteiger partial charge in [0.1, 0.15) is 23.4 Å². The number of fused-ring (bicyclic) bond motifs is 1. The Hall–Kier alpha value is -2.87. The second kappa shape index (κ2) is 8.10. The van der Waals surface area contributed by atoms with Gasteiger partial charge in [-0.2, -0.15) is 0 Å². The van der Waals surface area contributed by atoms with Crippen LogP contribution in [0.3, 0.4) is 0 Å². The van der Waals surface area contributed by atoms with E-state index in [0.29, 0.717) is 30.6 Å². The molecule has 2 aromatic rings. The van der Waals surface area contributed by atoms with Gasteiger partial charge in [-0.15, -0.1) is 0 Å². The van der Waals surface area contributed by atoms with Gasteiger partial charge in [-0.05, 0) is 31.9 Å². The fraction of sp³-hybridized carbons (Fsp3) is 0.286. The van der Waals surface area contributed by atoms with Crippen molar-refractivity contribution in [3.63, 3.8) is 0 Å². The SMILES string of the molecule is CCOC(=O)C1=C2CCCN2C(c2ncc(F)cc2F)=NC1c1ccc(F)cc1Cl. The van der Waals surface area contributed by atoms with Crippen LogP contribution in [-0.4, -0.2) is 34.8 Å². The van der Waals surface area contributed by atoms with Crippen LogP contribution in [0, 0.1) is 17.5 Å². The van der Waals surface area contributed by atoms with Crippen molar-refractivity contribution in [1.82, 2.24) is 9.88 Å². The molecule has 1 aromatic carbocycles. The lowest BCUT2D eigenvalue weighted by atomic mass is 9.94. The van der Waals surface area contributed by atoms with E-state index >= 15 is 0 Å². The summed E-state index contributed by atoms with van der Waals surface area (Å²) in [6, 6.07) is 3.55. The number of halogens is 4. The summed E-state index contributed by atoms with van der Waals surface area (Å²) in [5, 5.41) is 0.0736. The normalized spacial score (nSPS) is 18.4. The molecule has 2 aliphatic heterocycles. The van der Waals surface area contributed by atoms with Gasteiger partial charge in [0, 0.05) is 28.9 Å². The summed E-state index contributed by atoms with van der Waals surface area (Å²) in [5.74, 6) is -2.62. The first kappa shape index (κ1) is 20.4. The van der Waals surface area contributed by atoms with Gasteiger partial charge >= 0.3 is 5.97 Å². The predicted octanol–water partition coefficient (Wildman–Crippen LogP) is 4.57. The monoisotopic (exact) mass is 435 g/mol. The number of benzene rings is 1. The summed E-state index contributed by atoms with van der Waals surface area (Å²) in [6.45, 7) is 2.33. The number of esters is 1. The van der Waals surface area contributed by atoms with Crippen molar-refractivity contribution >= 4 is 23.4 Å². The highest BCUT2D eigenvalue weighted by Gasteiger charge is 2.40. The molecule has 1 unspecified atom stereocenters. The molecule has 3 heterocycles. The van der Waals surface area contributed by atoms with E-state index in [0.717, 1.165) is 18.3 Å². The maximum atomic E-state index is 14.5. The fourth-order valence-corrected chi connectivity index (χ4v) is 4.03. The number of aliphatic imine (C=N–C) groups is 1. The summed E-state index contributed by atoms with van der Waals surface area (Å²) in [7, 11) is 0. The number of hydrogen-bond donors (Lipinski definition) is 0. The Morgan fingerprint density at radius 2 is 2.07 bits per heavy atom. The van der Waals surface area contributed by atoms with Gasteiger partial charge in [0.25, 0.3) is 0 Å². The number of aromatic nitrogens is 1. The van der Waals surface area contributed by atoms with Crippen LogP contribution < -0.4 is 0 Å². The quantitative estimate of drug-likeness (QED) is 0.660. The summed E-state index contributed by atoms with van der Waals surface area (Å²) in [4.78, 5) is 23.0. The summed E-state index contributed by atoms with van der Waals surface area (Å²) >= 11 is 6.26. The molecule has 1 saturated heterocycles. The first-order valence-electron chi connectivity index (χ1n) is 9.42. The van der Waals surface area contributed by atoms with Gasteiger partial charge in [-0.25, -0.2) is 22.9 Å². The number of allylic oxidation sites excluding steroid dienone is 1. The number of carbonyl (C=O) groups is 1. The molecule has 0 saturated carbocycles. The van der Waals surface area contributed by atoms with Gasteiger partial charge in [0.05, 0.1) is 18.4 Å². The largest absolute Gasteiger partial charge is 0.463 e. The molecule has 1 atom stereocenters. The molecule has 0 spiro atoms. The van der Waals surface area contributed by atoms with Crippen molar-refractivity contribution in [3.8, 4) is 0 Å². The van der Waals surface area contributed by atoms with Crippen LogP contribution in [0.5, 0.6) is 0 Å². The van der Waals surface area contributed by atoms with Crippen molar-refractivity contribution in [2.75, 3.05) is 13.2 Å². The van der Waals surface area contributed by atoms with Gasteiger partial charge in [0.2, 0.25) is 0 Å². The van der Waals surface area contributed by atoms with E-state index in [1.165, 1.54) is 12.1 Å². The van der Waals surface area contributed by atoms with E-state index in [9.17, 15) is 18.0 Å². The number of rotatable bonds is 4. The van der Waals surface area contributed by atoms with Crippen molar-refractivity contribution in [1.29, 1.82) is 0 Å². The molecule has 4 rings (SSSR count). The van der Waals surface area contributed by atoms with Crippen LogP contribution in [-0.2, 0) is 9.53 Å². The van der Waals surface area contributed by atoms with Crippen molar-refractivity contribution in [2.45, 2.75) is 25.8 Å². The Morgan fingerprint density at radius 3 is 2.77 bits per heavy atom. The smallest absolute Gasteiger partial charge is 0.338 e. The Kier molecular flexibility index (Phi) is 5.51.